The zero-order valence-corrected chi connectivity index (χ0v) is 15.4. The summed E-state index contributed by atoms with van der Waals surface area (Å²) in [5.74, 6) is 1.45. The Balaban J connectivity index is 1.48. The number of aromatic nitrogens is 3. The van der Waals surface area contributed by atoms with Crippen molar-refractivity contribution in [3.63, 3.8) is 0 Å². The minimum absolute atomic E-state index is 0.329. The van der Waals surface area contributed by atoms with Gasteiger partial charge in [0, 0.05) is 18.7 Å². The molecule has 1 saturated heterocycles. The van der Waals surface area contributed by atoms with Gasteiger partial charge in [0.2, 0.25) is 0 Å². The van der Waals surface area contributed by atoms with Crippen LogP contribution in [0.2, 0.25) is 0 Å². The predicted octanol–water partition coefficient (Wildman–Crippen LogP) is 3.07. The predicted molar refractivity (Wildman–Crippen MR) is 103 cm³/mol. The van der Waals surface area contributed by atoms with E-state index in [9.17, 15) is 0 Å². The van der Waals surface area contributed by atoms with E-state index in [0.717, 1.165) is 31.0 Å². The van der Waals surface area contributed by atoms with Crippen molar-refractivity contribution < 1.29 is 4.74 Å². The Bertz CT molecular complexity index is 966. The lowest BCUT2D eigenvalue weighted by molar-refractivity contribution is 0.0247. The van der Waals surface area contributed by atoms with Gasteiger partial charge in [0.1, 0.15) is 18.1 Å². The molecule has 1 aliphatic carbocycles. The molecule has 1 unspecified atom stereocenters. The number of hydrogen-bond acceptors (Lipinski definition) is 6. The van der Waals surface area contributed by atoms with Crippen LogP contribution in [0.3, 0.4) is 0 Å². The van der Waals surface area contributed by atoms with Crippen LogP contribution in [0.1, 0.15) is 44.2 Å². The fraction of sp³-hybridized carbons (Fsp3) is 0.450. The molecule has 0 N–H and O–H groups in total. The minimum atomic E-state index is -0.329. The Morgan fingerprint density at radius 3 is 2.81 bits per heavy atom. The van der Waals surface area contributed by atoms with Gasteiger partial charge in [-0.3, -0.25) is 0 Å². The SMILES string of the molecule is CC1(N2C=C3C(n4nncc4C4CC4)=NCN3c3ccccc32)CCCO1. The third-order valence-electron chi connectivity index (χ3n) is 6.04. The number of anilines is 2. The highest BCUT2D eigenvalue weighted by atomic mass is 16.5. The molecular weight excluding hydrogens is 340 g/mol. The fourth-order valence-corrected chi connectivity index (χ4v) is 4.42. The molecule has 1 aromatic heterocycles. The molecule has 4 aliphatic rings. The Labute approximate surface area is 157 Å². The molecule has 1 aromatic carbocycles. The fourth-order valence-electron chi connectivity index (χ4n) is 4.42. The first-order chi connectivity index (χ1) is 13.2. The van der Waals surface area contributed by atoms with E-state index in [1.54, 1.807) is 0 Å². The molecule has 1 saturated carbocycles. The molecule has 1 atom stereocenters. The number of aliphatic imine (C=N–C) groups is 1. The van der Waals surface area contributed by atoms with Crippen molar-refractivity contribution in [1.82, 2.24) is 15.0 Å². The van der Waals surface area contributed by atoms with Crippen LogP contribution >= 0.6 is 0 Å². The zero-order chi connectivity index (χ0) is 18.0. The minimum Gasteiger partial charge on any atom is -0.356 e. The summed E-state index contributed by atoms with van der Waals surface area (Å²) in [5, 5.41) is 8.53. The number of fused-ring (bicyclic) bond motifs is 3. The average Bonchev–Trinajstić information content (AvgIpc) is 3.09. The van der Waals surface area contributed by atoms with Gasteiger partial charge in [0.25, 0.3) is 0 Å². The lowest BCUT2D eigenvalue weighted by Gasteiger charge is -2.42. The van der Waals surface area contributed by atoms with Crippen LogP contribution in [-0.4, -0.2) is 39.8 Å². The first-order valence-corrected chi connectivity index (χ1v) is 9.72. The van der Waals surface area contributed by atoms with Gasteiger partial charge >= 0.3 is 0 Å². The number of rotatable bonds is 2. The zero-order valence-electron chi connectivity index (χ0n) is 15.4. The van der Waals surface area contributed by atoms with Gasteiger partial charge < -0.3 is 14.5 Å². The van der Waals surface area contributed by atoms with E-state index in [-0.39, 0.29) is 5.72 Å². The Morgan fingerprint density at radius 1 is 1.19 bits per heavy atom. The van der Waals surface area contributed by atoms with Crippen molar-refractivity contribution in [3.8, 4) is 0 Å². The highest BCUT2D eigenvalue weighted by Crippen LogP contribution is 2.45. The highest BCUT2D eigenvalue weighted by molar-refractivity contribution is 6.07. The summed E-state index contributed by atoms with van der Waals surface area (Å²) in [6, 6.07) is 8.50. The van der Waals surface area contributed by atoms with Gasteiger partial charge in [-0.1, -0.05) is 17.3 Å². The summed E-state index contributed by atoms with van der Waals surface area (Å²) < 4.78 is 8.11. The van der Waals surface area contributed by atoms with Crippen LogP contribution < -0.4 is 9.80 Å². The Hall–Kier alpha value is -2.67. The molecule has 27 heavy (non-hydrogen) atoms. The molecule has 138 valence electrons. The van der Waals surface area contributed by atoms with E-state index >= 15 is 0 Å². The van der Waals surface area contributed by atoms with Crippen LogP contribution in [0, 0.1) is 0 Å². The molecule has 0 bridgehead atoms. The number of ether oxygens (including phenoxy) is 1. The van der Waals surface area contributed by atoms with Gasteiger partial charge in [0.05, 0.1) is 23.3 Å². The lowest BCUT2D eigenvalue weighted by atomic mass is 10.1. The second-order valence-corrected chi connectivity index (χ2v) is 7.90. The molecule has 2 aromatic rings. The monoisotopic (exact) mass is 362 g/mol. The van der Waals surface area contributed by atoms with Crippen molar-refractivity contribution in [2.45, 2.75) is 44.2 Å². The largest absolute Gasteiger partial charge is 0.356 e. The lowest BCUT2D eigenvalue weighted by Crippen LogP contribution is -2.46. The third-order valence-corrected chi connectivity index (χ3v) is 6.04. The number of hydrogen-bond donors (Lipinski definition) is 0. The van der Waals surface area contributed by atoms with Gasteiger partial charge in [0.15, 0.2) is 5.84 Å². The normalized spacial score (nSPS) is 26.7. The quantitative estimate of drug-likeness (QED) is 0.822. The van der Waals surface area contributed by atoms with Crippen LogP contribution in [0.4, 0.5) is 11.4 Å². The topological polar surface area (TPSA) is 58.8 Å². The molecule has 0 spiro atoms. The van der Waals surface area contributed by atoms with Crippen LogP contribution in [0.5, 0.6) is 0 Å². The van der Waals surface area contributed by atoms with Gasteiger partial charge in [-0.2, -0.15) is 4.68 Å². The van der Waals surface area contributed by atoms with E-state index in [2.05, 4.69) is 57.5 Å². The van der Waals surface area contributed by atoms with Crippen LogP contribution in [0.15, 0.2) is 47.4 Å². The summed E-state index contributed by atoms with van der Waals surface area (Å²) in [6.07, 6.45) is 8.60. The molecule has 4 heterocycles. The maximum absolute atomic E-state index is 6.17. The summed E-state index contributed by atoms with van der Waals surface area (Å²) in [4.78, 5) is 9.39. The first-order valence-electron chi connectivity index (χ1n) is 9.72. The van der Waals surface area contributed by atoms with E-state index in [0.29, 0.717) is 12.6 Å². The number of allylic oxidation sites excluding steroid dienone is 1. The molecular formula is C20H22N6O. The third kappa shape index (κ3) is 2.21. The molecule has 7 heteroatoms. The summed E-state index contributed by atoms with van der Waals surface area (Å²) in [5.41, 5.74) is 4.25. The molecule has 0 amide bonds. The smallest absolute Gasteiger partial charge is 0.178 e. The summed E-state index contributed by atoms with van der Waals surface area (Å²) in [7, 11) is 0. The second-order valence-electron chi connectivity index (χ2n) is 7.90. The second kappa shape index (κ2) is 5.42. The van der Waals surface area contributed by atoms with E-state index in [1.165, 1.54) is 29.9 Å². The number of benzene rings is 1. The van der Waals surface area contributed by atoms with Crippen LogP contribution in [0.25, 0.3) is 0 Å². The van der Waals surface area contributed by atoms with Crippen molar-refractivity contribution >= 4 is 17.2 Å². The van der Waals surface area contributed by atoms with Crippen molar-refractivity contribution in [2.75, 3.05) is 23.1 Å². The van der Waals surface area contributed by atoms with E-state index in [1.807, 2.05) is 10.9 Å². The Morgan fingerprint density at radius 2 is 2.04 bits per heavy atom. The summed E-state index contributed by atoms with van der Waals surface area (Å²) >= 11 is 0. The van der Waals surface area contributed by atoms with Crippen molar-refractivity contribution in [3.05, 3.63) is 48.1 Å². The highest BCUT2D eigenvalue weighted by Gasteiger charge is 2.42. The van der Waals surface area contributed by atoms with Gasteiger partial charge in [-0.15, -0.1) is 5.10 Å². The maximum atomic E-state index is 6.17. The molecule has 0 radical (unpaired) electrons. The molecule has 6 rings (SSSR count). The number of nitrogens with zero attached hydrogens (tertiary/aromatic N) is 6. The Kier molecular flexibility index (Phi) is 3.09. The van der Waals surface area contributed by atoms with E-state index in [4.69, 9.17) is 9.73 Å². The first kappa shape index (κ1) is 15.4. The van der Waals surface area contributed by atoms with Gasteiger partial charge in [-0.05, 0) is 44.7 Å². The molecule has 3 aliphatic heterocycles. The number of para-hydroxylation sites is 2. The average molecular weight is 362 g/mol. The maximum Gasteiger partial charge on any atom is 0.178 e. The van der Waals surface area contributed by atoms with Gasteiger partial charge in [-0.25, -0.2) is 4.99 Å². The molecule has 2 fully saturated rings. The van der Waals surface area contributed by atoms with Crippen molar-refractivity contribution in [2.24, 2.45) is 4.99 Å². The van der Waals surface area contributed by atoms with Crippen molar-refractivity contribution in [1.29, 1.82) is 0 Å². The molecule has 7 nitrogen and oxygen atoms in total. The standard InChI is InChI=1S/C20H22N6O/c1-20(9-4-10-27-20)25-12-18-19(26-17(11-22-23-26)14-7-8-14)21-13-24(18)15-5-2-3-6-16(15)25/h2-3,5-6,11-12,14H,4,7-10,13H2,1H3. The summed E-state index contributed by atoms with van der Waals surface area (Å²) in [6.45, 7) is 3.59. The van der Waals surface area contributed by atoms with E-state index < -0.39 is 0 Å². The van der Waals surface area contributed by atoms with Crippen LogP contribution in [-0.2, 0) is 4.74 Å².